The predicted octanol–water partition coefficient (Wildman–Crippen LogP) is 2.23. The first-order valence-corrected chi connectivity index (χ1v) is 2.80. The first-order valence-electron chi connectivity index (χ1n) is 2.80. The molecule has 1 heterocycles. The van der Waals surface area contributed by atoms with Gasteiger partial charge in [-0.25, -0.2) is 0 Å². The minimum Gasteiger partial charge on any atom is -0.324 e. The topological polar surface area (TPSA) is 4.93 Å². The van der Waals surface area contributed by atoms with Gasteiger partial charge in [0.2, 0.25) is 0 Å². The third-order valence-corrected chi connectivity index (χ3v) is 1.22. The Kier molecular flexibility index (Phi) is 1.54. The second-order valence-corrected chi connectivity index (χ2v) is 1.73. The molecule has 0 aromatic carbocycles. The summed E-state index contributed by atoms with van der Waals surface area (Å²) in [5.41, 5.74) is 1.07. The molecule has 0 N–H and O–H groups in total. The molecule has 1 heteroatoms. The standard InChI is InChI=1S/C8H9N/c1-3-8-6-5-7-9(8)4-2/h3-7H,1-2H2. The Morgan fingerprint density at radius 3 is 2.67 bits per heavy atom. The average molecular weight is 119 g/mol. The van der Waals surface area contributed by atoms with E-state index in [2.05, 4.69) is 13.2 Å². The van der Waals surface area contributed by atoms with Crippen LogP contribution in [0.5, 0.6) is 0 Å². The van der Waals surface area contributed by atoms with Gasteiger partial charge in [0.25, 0.3) is 0 Å². The summed E-state index contributed by atoms with van der Waals surface area (Å²) in [6.07, 6.45) is 5.47. The molecule has 1 rings (SSSR count). The van der Waals surface area contributed by atoms with Gasteiger partial charge in [-0.2, -0.15) is 0 Å². The zero-order valence-corrected chi connectivity index (χ0v) is 5.25. The largest absolute Gasteiger partial charge is 0.324 e. The van der Waals surface area contributed by atoms with Crippen LogP contribution in [-0.4, -0.2) is 4.57 Å². The average Bonchev–Trinajstić information content (AvgIpc) is 2.33. The molecule has 1 aromatic heterocycles. The molecule has 0 aliphatic carbocycles. The van der Waals surface area contributed by atoms with E-state index in [1.54, 1.807) is 12.3 Å². The van der Waals surface area contributed by atoms with Crippen molar-refractivity contribution in [2.45, 2.75) is 0 Å². The molecule has 9 heavy (non-hydrogen) atoms. The van der Waals surface area contributed by atoms with Crippen LogP contribution in [0.15, 0.2) is 31.5 Å². The third kappa shape index (κ3) is 0.941. The van der Waals surface area contributed by atoms with Crippen molar-refractivity contribution < 1.29 is 0 Å². The maximum Gasteiger partial charge on any atom is 0.0443 e. The van der Waals surface area contributed by atoms with Gasteiger partial charge in [0.05, 0.1) is 0 Å². The van der Waals surface area contributed by atoms with Crippen molar-refractivity contribution in [2.24, 2.45) is 0 Å². The summed E-state index contributed by atoms with van der Waals surface area (Å²) < 4.78 is 1.91. The second-order valence-electron chi connectivity index (χ2n) is 1.73. The van der Waals surface area contributed by atoms with Crippen molar-refractivity contribution in [2.75, 3.05) is 0 Å². The Morgan fingerprint density at radius 1 is 1.44 bits per heavy atom. The quantitative estimate of drug-likeness (QED) is 0.562. The summed E-state index contributed by atoms with van der Waals surface area (Å²) in [4.78, 5) is 0. The molecule has 0 saturated carbocycles. The number of nitrogens with zero attached hydrogens (tertiary/aromatic N) is 1. The van der Waals surface area contributed by atoms with E-state index in [1.807, 2.05) is 22.9 Å². The molecule has 0 radical (unpaired) electrons. The van der Waals surface area contributed by atoms with Gasteiger partial charge in [-0.3, -0.25) is 0 Å². The first-order chi connectivity index (χ1) is 4.38. The van der Waals surface area contributed by atoms with Crippen LogP contribution in [0.4, 0.5) is 0 Å². The molecule has 46 valence electrons. The van der Waals surface area contributed by atoms with Gasteiger partial charge < -0.3 is 4.57 Å². The highest BCUT2D eigenvalue weighted by atomic mass is 14.9. The maximum absolute atomic E-state index is 3.64. The van der Waals surface area contributed by atoms with Crippen LogP contribution in [0.2, 0.25) is 0 Å². The molecule has 0 saturated heterocycles. The van der Waals surface area contributed by atoms with E-state index in [0.717, 1.165) is 5.69 Å². The molecule has 1 aromatic rings. The van der Waals surface area contributed by atoms with Gasteiger partial charge in [-0.15, -0.1) is 0 Å². The highest BCUT2D eigenvalue weighted by Gasteiger charge is 1.87. The lowest BCUT2D eigenvalue weighted by Crippen LogP contribution is -1.82. The van der Waals surface area contributed by atoms with Crippen molar-refractivity contribution in [1.82, 2.24) is 4.57 Å². The summed E-state index contributed by atoms with van der Waals surface area (Å²) in [6, 6.07) is 3.94. The Bertz CT molecular complexity index is 198. The Morgan fingerprint density at radius 2 is 2.22 bits per heavy atom. The summed E-state index contributed by atoms with van der Waals surface area (Å²) in [5.74, 6) is 0. The SMILES string of the molecule is C=Cc1cccn1C=C. The molecule has 0 spiro atoms. The molecule has 0 amide bonds. The highest BCUT2D eigenvalue weighted by Crippen LogP contribution is 2.02. The van der Waals surface area contributed by atoms with Crippen LogP contribution < -0.4 is 0 Å². The van der Waals surface area contributed by atoms with E-state index >= 15 is 0 Å². The Balaban J connectivity index is 3.12. The van der Waals surface area contributed by atoms with Crippen molar-refractivity contribution in [1.29, 1.82) is 0 Å². The van der Waals surface area contributed by atoms with E-state index in [1.165, 1.54) is 0 Å². The summed E-state index contributed by atoms with van der Waals surface area (Å²) >= 11 is 0. The Labute approximate surface area is 54.9 Å². The van der Waals surface area contributed by atoms with E-state index in [0.29, 0.717) is 0 Å². The van der Waals surface area contributed by atoms with E-state index in [-0.39, 0.29) is 0 Å². The lowest BCUT2D eigenvalue weighted by atomic mass is 10.4. The third-order valence-electron chi connectivity index (χ3n) is 1.22. The van der Waals surface area contributed by atoms with Crippen LogP contribution in [-0.2, 0) is 0 Å². The zero-order chi connectivity index (χ0) is 6.69. The fourth-order valence-corrected chi connectivity index (χ4v) is 0.746. The number of rotatable bonds is 2. The molecule has 0 atom stereocenters. The maximum atomic E-state index is 3.64. The second kappa shape index (κ2) is 2.35. The highest BCUT2D eigenvalue weighted by molar-refractivity contribution is 5.46. The molecular formula is C8H9N. The lowest BCUT2D eigenvalue weighted by molar-refractivity contribution is 1.15. The van der Waals surface area contributed by atoms with Gasteiger partial charge in [-0.1, -0.05) is 13.2 Å². The van der Waals surface area contributed by atoms with Crippen LogP contribution in [0.3, 0.4) is 0 Å². The van der Waals surface area contributed by atoms with Gasteiger partial charge >= 0.3 is 0 Å². The van der Waals surface area contributed by atoms with Crippen LogP contribution in [0.25, 0.3) is 12.3 Å². The van der Waals surface area contributed by atoms with Crippen molar-refractivity contribution >= 4 is 12.3 Å². The van der Waals surface area contributed by atoms with Gasteiger partial charge in [-0.05, 0) is 18.2 Å². The van der Waals surface area contributed by atoms with E-state index < -0.39 is 0 Å². The van der Waals surface area contributed by atoms with Crippen molar-refractivity contribution in [3.05, 3.63) is 37.2 Å². The molecule has 0 bridgehead atoms. The molecule has 0 unspecified atom stereocenters. The number of aromatic nitrogens is 1. The van der Waals surface area contributed by atoms with E-state index in [4.69, 9.17) is 0 Å². The van der Waals surface area contributed by atoms with Crippen LogP contribution in [0, 0.1) is 0 Å². The molecule has 0 fully saturated rings. The fourth-order valence-electron chi connectivity index (χ4n) is 0.746. The first kappa shape index (κ1) is 5.89. The minimum absolute atomic E-state index is 1.07. The normalized spacial score (nSPS) is 8.89. The van der Waals surface area contributed by atoms with Gasteiger partial charge in [0, 0.05) is 18.1 Å². The fraction of sp³-hybridized carbons (Fsp3) is 0. The predicted molar refractivity (Wildman–Crippen MR) is 40.9 cm³/mol. The molecule has 0 aliphatic rings. The van der Waals surface area contributed by atoms with Crippen LogP contribution >= 0.6 is 0 Å². The van der Waals surface area contributed by atoms with Crippen LogP contribution in [0.1, 0.15) is 5.69 Å². The minimum atomic E-state index is 1.07. The zero-order valence-electron chi connectivity index (χ0n) is 5.25. The summed E-state index contributed by atoms with van der Waals surface area (Å²) in [5, 5.41) is 0. The van der Waals surface area contributed by atoms with Gasteiger partial charge in [0.15, 0.2) is 0 Å². The molecule has 1 nitrogen and oxygen atoms in total. The van der Waals surface area contributed by atoms with Crippen molar-refractivity contribution in [3.63, 3.8) is 0 Å². The smallest absolute Gasteiger partial charge is 0.0443 e. The molecule has 0 aliphatic heterocycles. The van der Waals surface area contributed by atoms with E-state index in [9.17, 15) is 0 Å². The number of hydrogen-bond acceptors (Lipinski definition) is 0. The summed E-state index contributed by atoms with van der Waals surface area (Å²) in [6.45, 7) is 7.27. The summed E-state index contributed by atoms with van der Waals surface area (Å²) in [7, 11) is 0. The van der Waals surface area contributed by atoms with Gasteiger partial charge in [0.1, 0.15) is 0 Å². The monoisotopic (exact) mass is 119 g/mol. The Hall–Kier alpha value is -1.24. The number of hydrogen-bond donors (Lipinski definition) is 0. The van der Waals surface area contributed by atoms with Crippen molar-refractivity contribution in [3.8, 4) is 0 Å². The molecular weight excluding hydrogens is 110 g/mol. The lowest BCUT2D eigenvalue weighted by Gasteiger charge is -1.93.